The molecule has 1 aliphatic heterocycles. The number of carbonyl (C=O) groups excluding carboxylic acids is 1. The Bertz CT molecular complexity index is 984. The molecule has 3 N–H and O–H groups in total. The Balaban J connectivity index is 1.87. The smallest absolute Gasteiger partial charge is 0.259 e. The molecule has 3 rings (SSSR count). The molecular formula is C21H29N3O4S. The highest BCUT2D eigenvalue weighted by molar-refractivity contribution is 7.89. The van der Waals surface area contributed by atoms with Crippen LogP contribution in [0, 0.1) is 0 Å². The van der Waals surface area contributed by atoms with Crippen LogP contribution in [0.5, 0.6) is 0 Å². The van der Waals surface area contributed by atoms with Gasteiger partial charge in [-0.15, -0.1) is 0 Å². The summed E-state index contributed by atoms with van der Waals surface area (Å²) in [5, 5.41) is 7.96. The van der Waals surface area contributed by atoms with Gasteiger partial charge in [-0.25, -0.2) is 13.6 Å². The summed E-state index contributed by atoms with van der Waals surface area (Å²) in [6, 6.07) is 7.70. The zero-order chi connectivity index (χ0) is 21.2. The number of piperidine rings is 1. The van der Waals surface area contributed by atoms with Gasteiger partial charge in [0, 0.05) is 11.1 Å². The minimum Gasteiger partial charge on any atom is -0.463 e. The van der Waals surface area contributed by atoms with Crippen molar-refractivity contribution in [3.05, 3.63) is 47.4 Å². The quantitative estimate of drug-likeness (QED) is 0.772. The van der Waals surface area contributed by atoms with Crippen LogP contribution in [0.1, 0.15) is 61.9 Å². The average molecular weight is 420 g/mol. The zero-order valence-corrected chi connectivity index (χ0v) is 18.0. The van der Waals surface area contributed by atoms with Crippen molar-refractivity contribution in [3.8, 4) is 0 Å². The van der Waals surface area contributed by atoms with Crippen molar-refractivity contribution in [1.82, 2.24) is 4.90 Å². The summed E-state index contributed by atoms with van der Waals surface area (Å²) in [4.78, 5) is 15.3. The molecule has 0 bridgehead atoms. The van der Waals surface area contributed by atoms with Crippen molar-refractivity contribution >= 4 is 21.6 Å². The number of sulfonamides is 1. The van der Waals surface area contributed by atoms with Crippen molar-refractivity contribution in [1.29, 1.82) is 0 Å². The van der Waals surface area contributed by atoms with E-state index in [2.05, 4.69) is 10.2 Å². The van der Waals surface area contributed by atoms with E-state index in [1.807, 2.05) is 20.8 Å². The van der Waals surface area contributed by atoms with Gasteiger partial charge in [-0.1, -0.05) is 33.3 Å². The molecule has 2 aromatic rings. The Hall–Kier alpha value is -2.16. The molecule has 7 nitrogen and oxygen atoms in total. The maximum atomic E-state index is 13.0. The monoisotopic (exact) mass is 419 g/mol. The van der Waals surface area contributed by atoms with Crippen molar-refractivity contribution in [2.75, 3.05) is 18.4 Å². The van der Waals surface area contributed by atoms with Crippen LogP contribution in [0.2, 0.25) is 0 Å². The molecule has 0 radical (unpaired) electrons. The maximum Gasteiger partial charge on any atom is 0.259 e. The minimum absolute atomic E-state index is 0.0496. The van der Waals surface area contributed by atoms with Crippen molar-refractivity contribution in [3.63, 3.8) is 0 Å². The molecule has 0 aliphatic carbocycles. The third-order valence-electron chi connectivity index (χ3n) is 5.03. The summed E-state index contributed by atoms with van der Waals surface area (Å²) in [6.45, 7) is 8.66. The SMILES string of the molecule is CC(C)(C)c1cc(C(=O)Nc2cccc(S(N)(=O)=O)c2)c(CN2CCCCC2)o1. The molecule has 1 amide bonds. The lowest BCUT2D eigenvalue weighted by Crippen LogP contribution is -2.29. The topological polar surface area (TPSA) is 106 Å². The Morgan fingerprint density at radius 1 is 1.17 bits per heavy atom. The summed E-state index contributed by atoms with van der Waals surface area (Å²) in [5.74, 6) is 1.05. The summed E-state index contributed by atoms with van der Waals surface area (Å²) in [7, 11) is -3.84. The fourth-order valence-corrected chi connectivity index (χ4v) is 3.94. The number of nitrogens with zero attached hydrogens (tertiary/aromatic N) is 1. The van der Waals surface area contributed by atoms with Crippen molar-refractivity contribution < 1.29 is 17.6 Å². The molecule has 2 heterocycles. The van der Waals surface area contributed by atoms with Gasteiger partial charge in [-0.3, -0.25) is 9.69 Å². The number of hydrogen-bond acceptors (Lipinski definition) is 5. The minimum atomic E-state index is -3.84. The number of anilines is 1. The highest BCUT2D eigenvalue weighted by Crippen LogP contribution is 2.29. The van der Waals surface area contributed by atoms with Gasteiger partial charge in [0.1, 0.15) is 11.5 Å². The number of likely N-dealkylation sites (tertiary alicyclic amines) is 1. The first-order valence-corrected chi connectivity index (χ1v) is 11.4. The Labute approximate surface area is 172 Å². The van der Waals surface area contributed by atoms with Crippen LogP contribution in [0.4, 0.5) is 5.69 Å². The number of benzene rings is 1. The first kappa shape index (κ1) is 21.5. The van der Waals surface area contributed by atoms with Gasteiger partial charge in [0.25, 0.3) is 5.91 Å². The fraction of sp³-hybridized carbons (Fsp3) is 0.476. The fourth-order valence-electron chi connectivity index (χ4n) is 3.38. The van der Waals surface area contributed by atoms with E-state index in [1.54, 1.807) is 18.2 Å². The lowest BCUT2D eigenvalue weighted by atomic mass is 9.93. The Morgan fingerprint density at radius 3 is 2.48 bits per heavy atom. The normalized spacial score (nSPS) is 16.0. The summed E-state index contributed by atoms with van der Waals surface area (Å²) >= 11 is 0. The van der Waals surface area contributed by atoms with E-state index in [9.17, 15) is 13.2 Å². The predicted octanol–water partition coefficient (Wildman–Crippen LogP) is 3.46. The highest BCUT2D eigenvalue weighted by atomic mass is 32.2. The van der Waals surface area contributed by atoms with Crippen LogP contribution in [-0.2, 0) is 22.0 Å². The first-order valence-electron chi connectivity index (χ1n) is 9.84. The van der Waals surface area contributed by atoms with Crippen molar-refractivity contribution in [2.24, 2.45) is 5.14 Å². The molecule has 1 aromatic carbocycles. The number of nitrogens with two attached hydrogens (primary N) is 1. The molecule has 1 saturated heterocycles. The summed E-state index contributed by atoms with van der Waals surface area (Å²) in [6.07, 6.45) is 3.53. The van der Waals surface area contributed by atoms with E-state index in [0.29, 0.717) is 23.6 Å². The van der Waals surface area contributed by atoms with E-state index in [1.165, 1.54) is 18.6 Å². The van der Waals surface area contributed by atoms with Gasteiger partial charge in [0.05, 0.1) is 17.0 Å². The molecule has 0 spiro atoms. The number of hydrogen-bond donors (Lipinski definition) is 2. The van der Waals surface area contributed by atoms with Gasteiger partial charge in [-0.2, -0.15) is 0 Å². The van der Waals surface area contributed by atoms with Gasteiger partial charge in [0.2, 0.25) is 10.0 Å². The maximum absolute atomic E-state index is 13.0. The second-order valence-corrected chi connectivity index (χ2v) is 10.1. The highest BCUT2D eigenvalue weighted by Gasteiger charge is 2.26. The molecule has 158 valence electrons. The number of amides is 1. The molecule has 0 unspecified atom stereocenters. The van der Waals surface area contributed by atoms with E-state index < -0.39 is 10.0 Å². The Morgan fingerprint density at radius 2 is 1.86 bits per heavy atom. The average Bonchev–Trinajstić information content (AvgIpc) is 3.06. The molecule has 1 aromatic heterocycles. The van der Waals surface area contributed by atoms with Crippen LogP contribution < -0.4 is 10.5 Å². The van der Waals surface area contributed by atoms with Gasteiger partial charge in [0.15, 0.2) is 0 Å². The van der Waals surface area contributed by atoms with Crippen LogP contribution >= 0.6 is 0 Å². The number of carbonyl (C=O) groups is 1. The second kappa shape index (κ2) is 8.30. The third-order valence-corrected chi connectivity index (χ3v) is 5.94. The van der Waals surface area contributed by atoms with Gasteiger partial charge >= 0.3 is 0 Å². The van der Waals surface area contributed by atoms with E-state index in [-0.39, 0.29) is 16.2 Å². The summed E-state index contributed by atoms with van der Waals surface area (Å²) in [5.41, 5.74) is 0.605. The third kappa shape index (κ3) is 5.46. The lowest BCUT2D eigenvalue weighted by molar-refractivity contribution is 0.102. The number of nitrogens with one attached hydrogen (secondary N) is 1. The van der Waals surface area contributed by atoms with Crippen LogP contribution in [0.3, 0.4) is 0 Å². The van der Waals surface area contributed by atoms with E-state index in [0.717, 1.165) is 31.7 Å². The predicted molar refractivity (Wildman–Crippen MR) is 112 cm³/mol. The standard InChI is InChI=1S/C21H29N3O4S/c1-21(2,3)19-13-17(18(28-19)14-24-10-5-4-6-11-24)20(25)23-15-8-7-9-16(12-15)29(22,26)27/h7-9,12-13H,4-6,10-11,14H2,1-3H3,(H,23,25)(H2,22,26,27). The van der Waals surface area contributed by atoms with E-state index in [4.69, 9.17) is 9.56 Å². The second-order valence-electron chi connectivity index (χ2n) is 8.56. The van der Waals surface area contributed by atoms with Crippen LogP contribution in [-0.4, -0.2) is 32.3 Å². The van der Waals surface area contributed by atoms with Gasteiger partial charge < -0.3 is 9.73 Å². The zero-order valence-electron chi connectivity index (χ0n) is 17.2. The molecular weight excluding hydrogens is 390 g/mol. The molecule has 1 aliphatic rings. The largest absolute Gasteiger partial charge is 0.463 e. The van der Waals surface area contributed by atoms with Crippen LogP contribution in [0.15, 0.2) is 39.6 Å². The summed E-state index contributed by atoms with van der Waals surface area (Å²) < 4.78 is 29.2. The van der Waals surface area contributed by atoms with Crippen molar-refractivity contribution in [2.45, 2.75) is 56.9 Å². The molecule has 1 fully saturated rings. The van der Waals surface area contributed by atoms with Gasteiger partial charge in [-0.05, 0) is 50.2 Å². The number of primary sulfonamides is 1. The first-order chi connectivity index (χ1) is 13.5. The van der Waals surface area contributed by atoms with Crippen LogP contribution in [0.25, 0.3) is 0 Å². The lowest BCUT2D eigenvalue weighted by Gasteiger charge is -2.25. The molecule has 0 atom stereocenters. The molecule has 29 heavy (non-hydrogen) atoms. The number of furan rings is 1. The molecule has 8 heteroatoms. The Kier molecular flexibility index (Phi) is 6.16. The molecule has 0 saturated carbocycles. The number of rotatable bonds is 5. The van der Waals surface area contributed by atoms with E-state index >= 15 is 0 Å².